The van der Waals surface area contributed by atoms with Gasteiger partial charge in [-0.25, -0.2) is 9.97 Å². The Morgan fingerprint density at radius 2 is 2.05 bits per heavy atom. The Hall–Kier alpha value is -1.88. The number of aryl methyl sites for hydroxylation is 1. The fourth-order valence-electron chi connectivity index (χ4n) is 1.63. The lowest BCUT2D eigenvalue weighted by molar-refractivity contribution is 0.103. The van der Waals surface area contributed by atoms with E-state index >= 15 is 0 Å². The molecule has 0 aliphatic carbocycles. The molecule has 0 spiro atoms. The van der Waals surface area contributed by atoms with Crippen molar-refractivity contribution in [2.45, 2.75) is 11.9 Å². The van der Waals surface area contributed by atoms with E-state index in [2.05, 4.69) is 9.97 Å². The Balaban J connectivity index is 2.32. The van der Waals surface area contributed by atoms with Crippen LogP contribution in [0, 0.1) is 6.92 Å². The standard InChI is InChI=1S/C14H14N2O2S/c1-9-4-6-11(16-14(9)18-2)13(17)10-5-7-12(19-3)15-8-10/h4-8H,1-3H3. The van der Waals surface area contributed by atoms with Gasteiger partial charge in [0.05, 0.1) is 12.1 Å². The maximum absolute atomic E-state index is 12.3. The third-order valence-corrected chi connectivity index (χ3v) is 3.34. The first kappa shape index (κ1) is 13.5. The molecule has 2 heterocycles. The van der Waals surface area contributed by atoms with Gasteiger partial charge in [0.15, 0.2) is 0 Å². The van der Waals surface area contributed by atoms with E-state index in [0.29, 0.717) is 17.1 Å². The van der Waals surface area contributed by atoms with E-state index in [9.17, 15) is 4.79 Å². The molecule has 19 heavy (non-hydrogen) atoms. The summed E-state index contributed by atoms with van der Waals surface area (Å²) in [6.07, 6.45) is 3.51. The maximum Gasteiger partial charge on any atom is 0.216 e. The van der Waals surface area contributed by atoms with Crippen LogP contribution in [0.4, 0.5) is 0 Å². The molecular weight excluding hydrogens is 260 g/mol. The van der Waals surface area contributed by atoms with Gasteiger partial charge < -0.3 is 4.74 Å². The van der Waals surface area contributed by atoms with E-state index in [0.717, 1.165) is 10.6 Å². The summed E-state index contributed by atoms with van der Waals surface area (Å²) in [5, 5.41) is 0.881. The van der Waals surface area contributed by atoms with Crippen molar-refractivity contribution < 1.29 is 9.53 Å². The van der Waals surface area contributed by atoms with Crippen molar-refractivity contribution in [1.29, 1.82) is 0 Å². The van der Waals surface area contributed by atoms with Crippen molar-refractivity contribution in [3.8, 4) is 5.88 Å². The van der Waals surface area contributed by atoms with Crippen molar-refractivity contribution in [3.63, 3.8) is 0 Å². The predicted octanol–water partition coefficient (Wildman–Crippen LogP) is 2.75. The number of methoxy groups -OCH3 is 1. The zero-order chi connectivity index (χ0) is 13.8. The molecular formula is C14H14N2O2S. The Morgan fingerprint density at radius 3 is 2.63 bits per heavy atom. The van der Waals surface area contributed by atoms with E-state index in [1.165, 1.54) is 11.8 Å². The molecule has 0 fully saturated rings. The summed E-state index contributed by atoms with van der Waals surface area (Å²) in [5.74, 6) is 0.318. The number of ketones is 1. The van der Waals surface area contributed by atoms with Crippen LogP contribution < -0.4 is 4.74 Å². The van der Waals surface area contributed by atoms with Crippen LogP contribution in [0.3, 0.4) is 0 Å². The van der Waals surface area contributed by atoms with Gasteiger partial charge in [-0.2, -0.15) is 0 Å². The minimum Gasteiger partial charge on any atom is -0.481 e. The molecule has 2 aromatic rings. The molecule has 98 valence electrons. The van der Waals surface area contributed by atoms with Crippen LogP contribution in [0.5, 0.6) is 5.88 Å². The summed E-state index contributed by atoms with van der Waals surface area (Å²) in [5.41, 5.74) is 1.78. The number of ether oxygens (including phenoxy) is 1. The molecule has 0 aliphatic rings. The lowest BCUT2D eigenvalue weighted by Gasteiger charge is -2.06. The first-order valence-electron chi connectivity index (χ1n) is 5.72. The highest BCUT2D eigenvalue weighted by Gasteiger charge is 2.13. The van der Waals surface area contributed by atoms with Crippen LogP contribution in [-0.2, 0) is 0 Å². The Kier molecular flexibility index (Phi) is 4.16. The molecule has 0 saturated heterocycles. The van der Waals surface area contributed by atoms with Gasteiger partial charge in [-0.15, -0.1) is 11.8 Å². The molecule has 0 aromatic carbocycles. The number of hydrogen-bond acceptors (Lipinski definition) is 5. The molecule has 0 saturated carbocycles. The van der Waals surface area contributed by atoms with Crippen molar-refractivity contribution >= 4 is 17.5 Å². The molecule has 0 unspecified atom stereocenters. The van der Waals surface area contributed by atoms with Crippen LogP contribution in [-0.4, -0.2) is 29.1 Å². The van der Waals surface area contributed by atoms with Gasteiger partial charge in [-0.05, 0) is 31.4 Å². The molecule has 2 rings (SSSR count). The molecule has 0 amide bonds. The van der Waals surface area contributed by atoms with Crippen molar-refractivity contribution in [3.05, 3.63) is 47.3 Å². The monoisotopic (exact) mass is 274 g/mol. The molecule has 2 aromatic heterocycles. The van der Waals surface area contributed by atoms with Crippen LogP contribution in [0.2, 0.25) is 0 Å². The average molecular weight is 274 g/mol. The zero-order valence-electron chi connectivity index (χ0n) is 11.0. The number of carbonyl (C=O) groups excluding carboxylic acids is 1. The van der Waals surface area contributed by atoms with Crippen molar-refractivity contribution in [2.75, 3.05) is 13.4 Å². The molecule has 0 N–H and O–H groups in total. The first-order chi connectivity index (χ1) is 9.15. The zero-order valence-corrected chi connectivity index (χ0v) is 11.8. The summed E-state index contributed by atoms with van der Waals surface area (Å²) in [6.45, 7) is 1.88. The number of hydrogen-bond donors (Lipinski definition) is 0. The smallest absolute Gasteiger partial charge is 0.216 e. The summed E-state index contributed by atoms with van der Waals surface area (Å²) in [4.78, 5) is 20.7. The van der Waals surface area contributed by atoms with Gasteiger partial charge in [0.25, 0.3) is 0 Å². The van der Waals surface area contributed by atoms with Crippen LogP contribution in [0.25, 0.3) is 0 Å². The largest absolute Gasteiger partial charge is 0.481 e. The van der Waals surface area contributed by atoms with E-state index in [-0.39, 0.29) is 5.78 Å². The fourth-order valence-corrected chi connectivity index (χ4v) is 1.99. The van der Waals surface area contributed by atoms with Crippen molar-refractivity contribution in [2.24, 2.45) is 0 Å². The van der Waals surface area contributed by atoms with Crippen LogP contribution >= 0.6 is 11.8 Å². The second-order valence-electron chi connectivity index (χ2n) is 3.94. The number of rotatable bonds is 4. The van der Waals surface area contributed by atoms with E-state index in [1.807, 2.05) is 25.3 Å². The maximum atomic E-state index is 12.3. The predicted molar refractivity (Wildman–Crippen MR) is 75.0 cm³/mol. The number of thioether (sulfide) groups is 1. The van der Waals surface area contributed by atoms with Crippen molar-refractivity contribution in [1.82, 2.24) is 9.97 Å². The minimum atomic E-state index is -0.154. The number of pyridine rings is 2. The van der Waals surface area contributed by atoms with E-state index in [1.54, 1.807) is 25.4 Å². The molecule has 5 heteroatoms. The van der Waals surface area contributed by atoms with Gasteiger partial charge in [-0.3, -0.25) is 4.79 Å². The van der Waals surface area contributed by atoms with Gasteiger partial charge in [0.2, 0.25) is 11.7 Å². The normalized spacial score (nSPS) is 10.3. The SMILES string of the molecule is COc1nc(C(=O)c2ccc(SC)nc2)ccc1C. The summed E-state index contributed by atoms with van der Waals surface area (Å²) >= 11 is 1.54. The van der Waals surface area contributed by atoms with Gasteiger partial charge in [0, 0.05) is 17.3 Å². The lowest BCUT2D eigenvalue weighted by Crippen LogP contribution is -2.06. The van der Waals surface area contributed by atoms with Gasteiger partial charge in [-0.1, -0.05) is 6.07 Å². The van der Waals surface area contributed by atoms with Gasteiger partial charge in [0.1, 0.15) is 5.69 Å². The number of nitrogens with zero attached hydrogens (tertiary/aromatic N) is 2. The number of aromatic nitrogens is 2. The van der Waals surface area contributed by atoms with E-state index in [4.69, 9.17) is 4.74 Å². The minimum absolute atomic E-state index is 0.154. The highest BCUT2D eigenvalue weighted by molar-refractivity contribution is 7.98. The molecule has 4 nitrogen and oxygen atoms in total. The molecule has 0 bridgehead atoms. The fraction of sp³-hybridized carbons (Fsp3) is 0.214. The lowest BCUT2D eigenvalue weighted by atomic mass is 10.1. The number of carbonyl (C=O) groups is 1. The summed E-state index contributed by atoms with van der Waals surface area (Å²) < 4.78 is 5.13. The summed E-state index contributed by atoms with van der Waals surface area (Å²) in [6, 6.07) is 7.10. The quantitative estimate of drug-likeness (QED) is 0.634. The highest BCUT2D eigenvalue weighted by atomic mass is 32.2. The third-order valence-electron chi connectivity index (χ3n) is 2.68. The Bertz CT molecular complexity index is 597. The summed E-state index contributed by atoms with van der Waals surface area (Å²) in [7, 11) is 1.54. The topological polar surface area (TPSA) is 52.1 Å². The highest BCUT2D eigenvalue weighted by Crippen LogP contribution is 2.17. The van der Waals surface area contributed by atoms with Crippen LogP contribution in [0.1, 0.15) is 21.6 Å². The average Bonchev–Trinajstić information content (AvgIpc) is 2.47. The second kappa shape index (κ2) is 5.84. The Morgan fingerprint density at radius 1 is 1.26 bits per heavy atom. The Labute approximate surface area is 116 Å². The van der Waals surface area contributed by atoms with Gasteiger partial charge >= 0.3 is 0 Å². The van der Waals surface area contributed by atoms with Crippen LogP contribution in [0.15, 0.2) is 35.5 Å². The first-order valence-corrected chi connectivity index (χ1v) is 6.94. The molecule has 0 atom stereocenters. The second-order valence-corrected chi connectivity index (χ2v) is 4.77. The molecule has 0 radical (unpaired) electrons. The third kappa shape index (κ3) is 2.93. The molecule has 0 aliphatic heterocycles. The van der Waals surface area contributed by atoms with E-state index < -0.39 is 0 Å².